The van der Waals surface area contributed by atoms with Gasteiger partial charge in [-0.15, -0.1) is 0 Å². The highest BCUT2D eigenvalue weighted by atomic mass is 79.9. The summed E-state index contributed by atoms with van der Waals surface area (Å²) in [6, 6.07) is 11.5. The molecule has 0 spiro atoms. The molecule has 2 atom stereocenters. The predicted octanol–water partition coefficient (Wildman–Crippen LogP) is 3.43. The van der Waals surface area contributed by atoms with Crippen LogP contribution in [0.4, 0.5) is 0 Å². The van der Waals surface area contributed by atoms with Crippen molar-refractivity contribution < 1.29 is 0 Å². The van der Waals surface area contributed by atoms with Crippen LogP contribution in [0.1, 0.15) is 25.3 Å². The highest BCUT2D eigenvalue weighted by Crippen LogP contribution is 2.24. The number of likely N-dealkylation sites (tertiary alicyclic amines) is 1. The maximum atomic E-state index is 3.71. The molecule has 1 fully saturated rings. The van der Waals surface area contributed by atoms with E-state index >= 15 is 0 Å². The fourth-order valence-corrected chi connectivity index (χ4v) is 2.96. The molecule has 0 aliphatic carbocycles. The average Bonchev–Trinajstić information content (AvgIpc) is 2.24. The molecule has 1 heterocycles. The fourth-order valence-electron chi connectivity index (χ4n) is 2.22. The Kier molecular flexibility index (Phi) is 3.81. The minimum absolute atomic E-state index is 0.698. The first-order valence-corrected chi connectivity index (χ1v) is 6.59. The lowest BCUT2D eigenvalue weighted by Crippen LogP contribution is -2.40. The molecule has 1 aliphatic rings. The SMILES string of the molecule is CC1CC(Br)CCN1Cc1ccccc1. The molecule has 0 amide bonds. The van der Waals surface area contributed by atoms with Gasteiger partial charge in [-0.05, 0) is 31.9 Å². The first kappa shape index (κ1) is 11.2. The van der Waals surface area contributed by atoms with Crippen molar-refractivity contribution in [3.63, 3.8) is 0 Å². The summed E-state index contributed by atoms with van der Waals surface area (Å²) in [5, 5.41) is 0. The molecule has 1 aliphatic heterocycles. The number of piperidine rings is 1. The van der Waals surface area contributed by atoms with Crippen LogP contribution in [0.15, 0.2) is 30.3 Å². The highest BCUT2D eigenvalue weighted by molar-refractivity contribution is 9.09. The summed E-state index contributed by atoms with van der Waals surface area (Å²) < 4.78 is 0. The topological polar surface area (TPSA) is 3.24 Å². The number of hydrogen-bond donors (Lipinski definition) is 0. The zero-order chi connectivity index (χ0) is 10.7. The number of alkyl halides is 1. The van der Waals surface area contributed by atoms with E-state index in [9.17, 15) is 0 Å². The lowest BCUT2D eigenvalue weighted by Gasteiger charge is -2.35. The second kappa shape index (κ2) is 5.13. The Bertz CT molecular complexity index is 299. The van der Waals surface area contributed by atoms with Crippen molar-refractivity contribution in [1.29, 1.82) is 0 Å². The maximum Gasteiger partial charge on any atom is 0.0236 e. The van der Waals surface area contributed by atoms with Gasteiger partial charge < -0.3 is 0 Å². The van der Waals surface area contributed by atoms with Crippen LogP contribution in [0.2, 0.25) is 0 Å². The third-order valence-electron chi connectivity index (χ3n) is 3.18. The lowest BCUT2D eigenvalue weighted by molar-refractivity contribution is 0.157. The van der Waals surface area contributed by atoms with E-state index in [0.717, 1.165) is 11.4 Å². The zero-order valence-corrected chi connectivity index (χ0v) is 10.8. The van der Waals surface area contributed by atoms with Crippen LogP contribution in [0.3, 0.4) is 0 Å². The third-order valence-corrected chi connectivity index (χ3v) is 4.01. The van der Waals surface area contributed by atoms with Crippen LogP contribution in [-0.4, -0.2) is 22.3 Å². The molecule has 2 rings (SSSR count). The monoisotopic (exact) mass is 267 g/mol. The predicted molar refractivity (Wildman–Crippen MR) is 68.3 cm³/mol. The van der Waals surface area contributed by atoms with Gasteiger partial charge in [-0.3, -0.25) is 4.90 Å². The Hall–Kier alpha value is -0.340. The Morgan fingerprint density at radius 3 is 2.73 bits per heavy atom. The summed E-state index contributed by atoms with van der Waals surface area (Å²) in [4.78, 5) is 3.30. The van der Waals surface area contributed by atoms with Gasteiger partial charge in [-0.2, -0.15) is 0 Å². The molecular formula is C13H18BrN. The Morgan fingerprint density at radius 1 is 1.33 bits per heavy atom. The summed E-state index contributed by atoms with van der Waals surface area (Å²) in [5.74, 6) is 0. The fraction of sp³-hybridized carbons (Fsp3) is 0.538. The van der Waals surface area contributed by atoms with E-state index in [1.165, 1.54) is 24.9 Å². The van der Waals surface area contributed by atoms with E-state index < -0.39 is 0 Å². The van der Waals surface area contributed by atoms with E-state index in [-0.39, 0.29) is 0 Å². The normalized spacial score (nSPS) is 27.9. The van der Waals surface area contributed by atoms with Crippen LogP contribution < -0.4 is 0 Å². The number of benzene rings is 1. The molecule has 1 aromatic rings. The van der Waals surface area contributed by atoms with E-state index in [2.05, 4.69) is 58.1 Å². The zero-order valence-electron chi connectivity index (χ0n) is 9.20. The quantitative estimate of drug-likeness (QED) is 0.743. The Labute approximate surface area is 101 Å². The van der Waals surface area contributed by atoms with Gasteiger partial charge in [0.25, 0.3) is 0 Å². The van der Waals surface area contributed by atoms with Crippen molar-refractivity contribution in [3.8, 4) is 0 Å². The summed E-state index contributed by atoms with van der Waals surface area (Å²) >= 11 is 3.71. The number of rotatable bonds is 2. The molecule has 0 radical (unpaired) electrons. The van der Waals surface area contributed by atoms with Crippen molar-refractivity contribution in [2.75, 3.05) is 6.54 Å². The first-order valence-electron chi connectivity index (χ1n) is 5.68. The van der Waals surface area contributed by atoms with E-state index in [1.807, 2.05) is 0 Å². The number of nitrogens with zero attached hydrogens (tertiary/aromatic N) is 1. The molecule has 0 saturated carbocycles. The Balaban J connectivity index is 1.95. The standard InChI is InChI=1S/C13H18BrN/c1-11-9-13(14)7-8-15(11)10-12-5-3-2-4-6-12/h2-6,11,13H,7-10H2,1H3. The second-order valence-electron chi connectivity index (χ2n) is 4.43. The molecule has 1 nitrogen and oxygen atoms in total. The van der Waals surface area contributed by atoms with E-state index in [1.54, 1.807) is 0 Å². The third kappa shape index (κ3) is 3.05. The number of halogens is 1. The molecule has 15 heavy (non-hydrogen) atoms. The number of hydrogen-bond acceptors (Lipinski definition) is 1. The van der Waals surface area contributed by atoms with Gasteiger partial charge in [0.1, 0.15) is 0 Å². The van der Waals surface area contributed by atoms with Gasteiger partial charge in [0.2, 0.25) is 0 Å². The molecule has 1 aromatic carbocycles. The van der Waals surface area contributed by atoms with Gasteiger partial charge in [-0.1, -0.05) is 46.3 Å². The molecule has 0 aromatic heterocycles. The highest BCUT2D eigenvalue weighted by Gasteiger charge is 2.23. The van der Waals surface area contributed by atoms with Crippen LogP contribution in [-0.2, 0) is 6.54 Å². The minimum atomic E-state index is 0.698. The summed E-state index contributed by atoms with van der Waals surface area (Å²) in [6.07, 6.45) is 2.55. The first-order chi connectivity index (χ1) is 7.25. The second-order valence-corrected chi connectivity index (χ2v) is 5.72. The summed E-state index contributed by atoms with van der Waals surface area (Å²) in [6.45, 7) is 4.64. The van der Waals surface area contributed by atoms with Crippen molar-refractivity contribution in [1.82, 2.24) is 4.90 Å². The van der Waals surface area contributed by atoms with Crippen molar-refractivity contribution in [2.24, 2.45) is 0 Å². The summed E-state index contributed by atoms with van der Waals surface area (Å²) in [7, 11) is 0. The molecular weight excluding hydrogens is 250 g/mol. The van der Waals surface area contributed by atoms with Crippen molar-refractivity contribution >= 4 is 15.9 Å². The largest absolute Gasteiger partial charge is 0.296 e. The summed E-state index contributed by atoms with van der Waals surface area (Å²) in [5.41, 5.74) is 1.43. The molecule has 2 unspecified atom stereocenters. The van der Waals surface area contributed by atoms with Gasteiger partial charge in [0.15, 0.2) is 0 Å². The van der Waals surface area contributed by atoms with Gasteiger partial charge in [-0.25, -0.2) is 0 Å². The van der Waals surface area contributed by atoms with Crippen molar-refractivity contribution in [2.45, 2.75) is 37.2 Å². The Morgan fingerprint density at radius 2 is 2.07 bits per heavy atom. The van der Waals surface area contributed by atoms with Crippen LogP contribution in [0, 0.1) is 0 Å². The molecule has 82 valence electrons. The lowest BCUT2D eigenvalue weighted by atomic mass is 10.0. The van der Waals surface area contributed by atoms with E-state index in [0.29, 0.717) is 6.04 Å². The van der Waals surface area contributed by atoms with Crippen LogP contribution >= 0.6 is 15.9 Å². The van der Waals surface area contributed by atoms with Crippen molar-refractivity contribution in [3.05, 3.63) is 35.9 Å². The molecule has 2 heteroatoms. The average molecular weight is 268 g/mol. The van der Waals surface area contributed by atoms with Crippen LogP contribution in [0.5, 0.6) is 0 Å². The van der Waals surface area contributed by atoms with Crippen LogP contribution in [0.25, 0.3) is 0 Å². The molecule has 0 N–H and O–H groups in total. The molecule has 1 saturated heterocycles. The van der Waals surface area contributed by atoms with Gasteiger partial charge >= 0.3 is 0 Å². The van der Waals surface area contributed by atoms with E-state index in [4.69, 9.17) is 0 Å². The van der Waals surface area contributed by atoms with Gasteiger partial charge in [0, 0.05) is 17.4 Å². The molecule has 0 bridgehead atoms. The minimum Gasteiger partial charge on any atom is -0.296 e. The maximum absolute atomic E-state index is 3.71. The smallest absolute Gasteiger partial charge is 0.0236 e. The van der Waals surface area contributed by atoms with Gasteiger partial charge in [0.05, 0.1) is 0 Å².